The van der Waals surface area contributed by atoms with Crippen LogP contribution in [0.1, 0.15) is 11.1 Å². The molecule has 1 heterocycles. The first-order valence-electron chi connectivity index (χ1n) is 10.9. The van der Waals surface area contributed by atoms with Gasteiger partial charge in [-0.3, -0.25) is 14.5 Å². The molecule has 1 aliphatic heterocycles. The van der Waals surface area contributed by atoms with Crippen LogP contribution < -0.4 is 10.2 Å². The summed E-state index contributed by atoms with van der Waals surface area (Å²) in [5.41, 5.74) is 1.94. The van der Waals surface area contributed by atoms with Gasteiger partial charge in [0, 0.05) is 12.2 Å². The van der Waals surface area contributed by atoms with E-state index < -0.39 is 17.0 Å². The maximum absolute atomic E-state index is 13.5. The van der Waals surface area contributed by atoms with E-state index in [9.17, 15) is 23.6 Å². The van der Waals surface area contributed by atoms with Crippen LogP contribution in [0, 0.1) is 23.0 Å². The number of rotatable bonds is 7. The van der Waals surface area contributed by atoms with Crippen LogP contribution in [0.3, 0.4) is 0 Å². The van der Waals surface area contributed by atoms with E-state index in [-0.39, 0.29) is 28.7 Å². The third-order valence-electron chi connectivity index (χ3n) is 5.47. The van der Waals surface area contributed by atoms with E-state index in [0.29, 0.717) is 18.7 Å². The standard InChI is InChI=1S/C27H21F2N3O2S/c28-20-8-6-19(7-9-20)16-24-26(34)32(22-12-10-21(29)11-13-22)27(35-24)23(17-30)25(33)31-15-14-18-4-2-1-3-5-18/h1-13,24H,14-16H2,(H,31,33)/b27-23-/t24-/m1/s1. The molecular formula is C27H21F2N3O2S. The second-order valence-corrected chi connectivity index (χ2v) is 9.06. The van der Waals surface area contributed by atoms with Crippen molar-refractivity contribution in [3.05, 3.63) is 112 Å². The van der Waals surface area contributed by atoms with Gasteiger partial charge in [0.2, 0.25) is 5.91 Å². The molecule has 0 aliphatic carbocycles. The number of hydrogen-bond acceptors (Lipinski definition) is 4. The molecule has 3 aromatic carbocycles. The van der Waals surface area contributed by atoms with Crippen molar-refractivity contribution in [3.8, 4) is 6.07 Å². The third kappa shape index (κ3) is 5.76. The van der Waals surface area contributed by atoms with Gasteiger partial charge >= 0.3 is 0 Å². The molecule has 1 aliphatic rings. The highest BCUT2D eigenvalue weighted by Crippen LogP contribution is 2.41. The molecule has 5 nitrogen and oxygen atoms in total. The number of thioether (sulfide) groups is 1. The van der Waals surface area contributed by atoms with Gasteiger partial charge < -0.3 is 5.32 Å². The van der Waals surface area contributed by atoms with E-state index in [2.05, 4.69) is 5.32 Å². The quantitative estimate of drug-likeness (QED) is 0.384. The molecular weight excluding hydrogens is 468 g/mol. The van der Waals surface area contributed by atoms with Crippen LogP contribution in [0.2, 0.25) is 0 Å². The number of hydrogen-bond donors (Lipinski definition) is 1. The van der Waals surface area contributed by atoms with Crippen LogP contribution >= 0.6 is 11.8 Å². The largest absolute Gasteiger partial charge is 0.351 e. The molecule has 0 bridgehead atoms. The summed E-state index contributed by atoms with van der Waals surface area (Å²) in [6.45, 7) is 0.315. The van der Waals surface area contributed by atoms with Crippen LogP contribution in [0.5, 0.6) is 0 Å². The zero-order chi connectivity index (χ0) is 24.8. The lowest BCUT2D eigenvalue weighted by Gasteiger charge is -2.18. The Morgan fingerprint density at radius 2 is 1.57 bits per heavy atom. The second kappa shape index (κ2) is 11.0. The normalized spacial score (nSPS) is 16.7. The number of nitrogens with zero attached hydrogens (tertiary/aromatic N) is 2. The summed E-state index contributed by atoms with van der Waals surface area (Å²) < 4.78 is 26.8. The number of benzene rings is 3. The van der Waals surface area contributed by atoms with Gasteiger partial charge in [0.25, 0.3) is 5.91 Å². The molecule has 1 saturated heterocycles. The van der Waals surface area contributed by atoms with Crippen molar-refractivity contribution < 1.29 is 18.4 Å². The molecule has 0 saturated carbocycles. The molecule has 0 unspecified atom stereocenters. The maximum atomic E-state index is 13.5. The van der Waals surface area contributed by atoms with E-state index in [1.165, 1.54) is 41.3 Å². The van der Waals surface area contributed by atoms with Crippen molar-refractivity contribution >= 4 is 29.3 Å². The fourth-order valence-electron chi connectivity index (χ4n) is 3.70. The highest BCUT2D eigenvalue weighted by Gasteiger charge is 2.40. The van der Waals surface area contributed by atoms with Crippen molar-refractivity contribution in [3.63, 3.8) is 0 Å². The number of anilines is 1. The first kappa shape index (κ1) is 24.2. The summed E-state index contributed by atoms with van der Waals surface area (Å²) in [6, 6.07) is 22.6. The molecule has 2 amide bonds. The lowest BCUT2D eigenvalue weighted by Crippen LogP contribution is -2.32. The Balaban J connectivity index is 1.61. The SMILES string of the molecule is N#C/C(C(=O)NCCc1ccccc1)=C1/S[C@H](Cc2ccc(F)cc2)C(=O)N1c1ccc(F)cc1. The van der Waals surface area contributed by atoms with Crippen molar-refractivity contribution in [2.24, 2.45) is 0 Å². The Morgan fingerprint density at radius 3 is 2.20 bits per heavy atom. The number of nitrogens with one attached hydrogen (secondary N) is 1. The van der Waals surface area contributed by atoms with Gasteiger partial charge in [-0.05, 0) is 60.4 Å². The monoisotopic (exact) mass is 489 g/mol. The minimum Gasteiger partial charge on any atom is -0.351 e. The summed E-state index contributed by atoms with van der Waals surface area (Å²) in [6.07, 6.45) is 0.862. The number of halogens is 2. The van der Waals surface area contributed by atoms with Gasteiger partial charge in [-0.25, -0.2) is 8.78 Å². The number of nitriles is 1. The second-order valence-electron chi connectivity index (χ2n) is 7.87. The smallest absolute Gasteiger partial charge is 0.264 e. The zero-order valence-electron chi connectivity index (χ0n) is 18.6. The van der Waals surface area contributed by atoms with Gasteiger partial charge in [-0.15, -0.1) is 0 Å². The fourth-order valence-corrected chi connectivity index (χ4v) is 5.01. The molecule has 0 aromatic heterocycles. The average Bonchev–Trinajstić information content (AvgIpc) is 3.17. The Kier molecular flexibility index (Phi) is 7.58. The average molecular weight is 490 g/mol. The molecule has 1 atom stereocenters. The van der Waals surface area contributed by atoms with Crippen LogP contribution in [-0.4, -0.2) is 23.6 Å². The lowest BCUT2D eigenvalue weighted by molar-refractivity contribution is -0.117. The molecule has 4 rings (SSSR count). The predicted molar refractivity (Wildman–Crippen MR) is 131 cm³/mol. The van der Waals surface area contributed by atoms with Crippen LogP contribution in [0.15, 0.2) is 89.5 Å². The van der Waals surface area contributed by atoms with E-state index >= 15 is 0 Å². The Hall–Kier alpha value is -3.96. The van der Waals surface area contributed by atoms with E-state index in [4.69, 9.17) is 0 Å². The van der Waals surface area contributed by atoms with Gasteiger partial charge in [0.1, 0.15) is 28.3 Å². The third-order valence-corrected chi connectivity index (χ3v) is 6.73. The molecule has 3 aromatic rings. The van der Waals surface area contributed by atoms with E-state index in [1.54, 1.807) is 12.1 Å². The first-order valence-corrected chi connectivity index (χ1v) is 11.8. The van der Waals surface area contributed by atoms with Gasteiger partial charge in [0.15, 0.2) is 0 Å². The topological polar surface area (TPSA) is 73.2 Å². The van der Waals surface area contributed by atoms with Crippen molar-refractivity contribution in [1.29, 1.82) is 5.26 Å². The number of carbonyl (C=O) groups excluding carboxylic acids is 2. The Bertz CT molecular complexity index is 1290. The summed E-state index contributed by atoms with van der Waals surface area (Å²) in [5, 5.41) is 12.2. The molecule has 1 fully saturated rings. The summed E-state index contributed by atoms with van der Waals surface area (Å²) in [5.74, 6) is -1.79. The van der Waals surface area contributed by atoms with Gasteiger partial charge in [0.05, 0.1) is 5.25 Å². The summed E-state index contributed by atoms with van der Waals surface area (Å²) in [7, 11) is 0. The number of amides is 2. The predicted octanol–water partition coefficient (Wildman–Crippen LogP) is 4.75. The van der Waals surface area contributed by atoms with Crippen molar-refractivity contribution in [1.82, 2.24) is 5.32 Å². The van der Waals surface area contributed by atoms with E-state index in [1.807, 2.05) is 36.4 Å². The molecule has 1 N–H and O–H groups in total. The molecule has 8 heteroatoms. The summed E-state index contributed by atoms with van der Waals surface area (Å²) in [4.78, 5) is 27.6. The van der Waals surface area contributed by atoms with Crippen LogP contribution in [0.25, 0.3) is 0 Å². The van der Waals surface area contributed by atoms with E-state index in [0.717, 1.165) is 22.9 Å². The zero-order valence-corrected chi connectivity index (χ0v) is 19.4. The lowest BCUT2D eigenvalue weighted by atomic mass is 10.1. The maximum Gasteiger partial charge on any atom is 0.264 e. The summed E-state index contributed by atoms with van der Waals surface area (Å²) >= 11 is 1.10. The highest BCUT2D eigenvalue weighted by atomic mass is 32.2. The molecule has 0 radical (unpaired) electrons. The first-order chi connectivity index (χ1) is 17.0. The number of carbonyl (C=O) groups is 2. The fraction of sp³-hybridized carbons (Fsp3) is 0.148. The minimum atomic E-state index is -0.638. The molecule has 176 valence electrons. The Labute approximate surface area is 206 Å². The van der Waals surface area contributed by atoms with Crippen LogP contribution in [0.4, 0.5) is 14.5 Å². The molecule has 35 heavy (non-hydrogen) atoms. The Morgan fingerprint density at radius 1 is 0.943 bits per heavy atom. The molecule has 0 spiro atoms. The van der Waals surface area contributed by atoms with Crippen molar-refractivity contribution in [2.75, 3.05) is 11.4 Å². The van der Waals surface area contributed by atoms with Crippen LogP contribution in [-0.2, 0) is 22.4 Å². The van der Waals surface area contributed by atoms with Gasteiger partial charge in [-0.2, -0.15) is 5.26 Å². The van der Waals surface area contributed by atoms with Gasteiger partial charge in [-0.1, -0.05) is 54.2 Å². The van der Waals surface area contributed by atoms with Crippen molar-refractivity contribution in [2.45, 2.75) is 18.1 Å². The highest BCUT2D eigenvalue weighted by molar-refractivity contribution is 8.05. The minimum absolute atomic E-state index is 0.188.